The molecular formula is C56H75N15O16S. The largest absolute Gasteiger partial charge is 0.469 e. The summed E-state index contributed by atoms with van der Waals surface area (Å²) in [4.78, 5) is 196. The zero-order valence-corrected chi connectivity index (χ0v) is 50.1. The molecule has 1 aromatic carbocycles. The first-order valence-electron chi connectivity index (χ1n) is 29.0. The van der Waals surface area contributed by atoms with Gasteiger partial charge in [0.25, 0.3) is 23.6 Å². The molecule has 8 atom stereocenters. The molecule has 88 heavy (non-hydrogen) atoms. The molecule has 0 saturated carbocycles. The van der Waals surface area contributed by atoms with Crippen LogP contribution in [0.2, 0.25) is 0 Å². The summed E-state index contributed by atoms with van der Waals surface area (Å²) < 4.78 is 4.90. The molecule has 1 fully saturated rings. The van der Waals surface area contributed by atoms with Gasteiger partial charge in [0.1, 0.15) is 36.3 Å². The number of aromatic nitrogens is 1. The number of esters is 1. The van der Waals surface area contributed by atoms with Crippen LogP contribution in [-0.4, -0.2) is 215 Å². The molecule has 13 N–H and O–H groups in total. The second-order valence-corrected chi connectivity index (χ2v) is 22.8. The van der Waals surface area contributed by atoms with E-state index in [1.54, 1.807) is 45.9 Å². The number of ether oxygens (including phenoxy) is 1. The predicted octanol–water partition coefficient (Wildman–Crippen LogP) is -4.32. The lowest BCUT2D eigenvalue weighted by atomic mass is 9.96. The molecule has 1 aromatic heterocycles. The predicted molar refractivity (Wildman–Crippen MR) is 313 cm³/mol. The number of imide groups is 2. The van der Waals surface area contributed by atoms with E-state index in [-0.39, 0.29) is 75.0 Å². The van der Waals surface area contributed by atoms with Gasteiger partial charge in [0.15, 0.2) is 0 Å². The van der Waals surface area contributed by atoms with Crippen molar-refractivity contribution in [1.82, 2.24) is 72.9 Å². The zero-order valence-electron chi connectivity index (χ0n) is 49.3. The van der Waals surface area contributed by atoms with Gasteiger partial charge in [0.05, 0.1) is 31.6 Å². The third-order valence-electron chi connectivity index (χ3n) is 15.7. The minimum Gasteiger partial charge on any atom is -0.469 e. The van der Waals surface area contributed by atoms with Gasteiger partial charge in [-0.25, -0.2) is 0 Å². The Morgan fingerprint density at radius 1 is 0.705 bits per heavy atom. The number of nitrogens with zero attached hydrogens (tertiary/aromatic N) is 3. The molecule has 2 bridgehead atoms. The molecule has 0 spiro atoms. The molecule has 7 rings (SSSR count). The first-order chi connectivity index (χ1) is 41.9. The van der Waals surface area contributed by atoms with Crippen LogP contribution in [-0.2, 0) is 78.3 Å². The Labute approximate surface area is 509 Å². The minimum atomic E-state index is -2.19. The zero-order chi connectivity index (χ0) is 64.0. The maximum Gasteiger partial charge on any atom is 0.308 e. The number of carbonyl (C=O) groups excluding carboxylic acids is 14. The Balaban J connectivity index is 1.23. The fraction of sp³-hybridized carbons (Fsp3) is 0.536. The van der Waals surface area contributed by atoms with Crippen molar-refractivity contribution >= 4 is 111 Å². The first-order valence-corrected chi connectivity index (χ1v) is 30.0. The number of hydrogen-bond donors (Lipinski definition) is 13. The van der Waals surface area contributed by atoms with Gasteiger partial charge in [-0.2, -0.15) is 0 Å². The average Bonchev–Trinajstić information content (AvgIpc) is 3.29. The number of nitrogens with one attached hydrogen (secondary N) is 12. The van der Waals surface area contributed by atoms with E-state index in [1.807, 2.05) is 0 Å². The minimum absolute atomic E-state index is 0.0305. The Kier molecular flexibility index (Phi) is 23.1. The highest BCUT2D eigenvalue weighted by Gasteiger charge is 2.42. The highest BCUT2D eigenvalue weighted by atomic mass is 32.2. The van der Waals surface area contributed by atoms with Crippen molar-refractivity contribution in [2.45, 2.75) is 120 Å². The number of amides is 13. The Morgan fingerprint density at radius 2 is 1.28 bits per heavy atom. The van der Waals surface area contributed by atoms with E-state index in [1.165, 1.54) is 4.90 Å². The molecule has 0 radical (unpaired) electrons. The lowest BCUT2D eigenvalue weighted by Gasteiger charge is -2.32. The van der Waals surface area contributed by atoms with Gasteiger partial charge in [0.2, 0.25) is 59.1 Å². The molecule has 0 unspecified atom stereocenters. The average molecular weight is 1250 g/mol. The fourth-order valence-corrected chi connectivity index (χ4v) is 11.5. The number of H-pyrrole nitrogens is 1. The van der Waals surface area contributed by atoms with E-state index >= 15 is 0 Å². The molecule has 2 aromatic rings. The summed E-state index contributed by atoms with van der Waals surface area (Å²) in [6.45, 7) is 4.73. The topological polar surface area (TPSA) is 426 Å². The van der Waals surface area contributed by atoms with Crippen LogP contribution < -0.4 is 58.5 Å². The van der Waals surface area contributed by atoms with Crippen LogP contribution in [0.4, 0.5) is 5.69 Å². The number of carbonyl (C=O) groups is 14. The van der Waals surface area contributed by atoms with Gasteiger partial charge in [-0.05, 0) is 48.4 Å². The van der Waals surface area contributed by atoms with Crippen LogP contribution in [0.1, 0.15) is 71.8 Å². The Hall–Kier alpha value is -8.59. The van der Waals surface area contributed by atoms with Crippen molar-refractivity contribution in [3.8, 4) is 0 Å². The number of thioether (sulfide) groups is 1. The third-order valence-corrected chi connectivity index (χ3v) is 16.8. The molecule has 31 nitrogen and oxygen atoms in total. The van der Waals surface area contributed by atoms with Crippen LogP contribution >= 0.6 is 11.8 Å². The number of anilines is 1. The van der Waals surface area contributed by atoms with E-state index in [4.69, 9.17) is 4.74 Å². The second-order valence-electron chi connectivity index (χ2n) is 21.8. The number of aliphatic hydroxyl groups is 1. The SMILES string of the molecule is CC[C@H](C)[C@@H]1NC(=O)CNC(=O)[C@@H]2Cc3c([nH]c4ccc(NC(=O)CCNC(O)(NCCN5C(=O)C=CC5=O)NCCN5C(=O)C=CC5=O)cc34)SC[C@H](NC(=O)CNC1=O)C(=O)N[C@@H](CC(=O)OC)C(=O)N1CCC[C@H]1C(=O)N[C@@H]([C@@H](C)CC)C(=O)N2. The molecule has 1 saturated heterocycles. The lowest BCUT2D eigenvalue weighted by Crippen LogP contribution is -2.68. The second kappa shape index (κ2) is 30.4. The molecule has 476 valence electrons. The molecule has 0 aliphatic carbocycles. The van der Waals surface area contributed by atoms with Crippen LogP contribution in [0.3, 0.4) is 0 Å². The highest BCUT2D eigenvalue weighted by molar-refractivity contribution is 7.99. The summed E-state index contributed by atoms with van der Waals surface area (Å²) in [5.41, 5.74) is 0.922. The maximum absolute atomic E-state index is 14.8. The van der Waals surface area contributed by atoms with Crippen LogP contribution in [0, 0.1) is 11.8 Å². The summed E-state index contributed by atoms with van der Waals surface area (Å²) in [6.07, 6.45) is 4.24. The summed E-state index contributed by atoms with van der Waals surface area (Å²) in [6, 6.07) is -3.72. The summed E-state index contributed by atoms with van der Waals surface area (Å²) in [7, 11) is 1.08. The quantitative estimate of drug-likeness (QED) is 0.0359. The summed E-state index contributed by atoms with van der Waals surface area (Å²) in [5, 5.41) is 41.8. The molecule has 6 heterocycles. The number of hydrogen-bond acceptors (Lipinski definition) is 20. The van der Waals surface area contributed by atoms with E-state index in [0.29, 0.717) is 35.7 Å². The number of benzene rings is 1. The van der Waals surface area contributed by atoms with Crippen molar-refractivity contribution in [1.29, 1.82) is 0 Å². The maximum atomic E-state index is 14.8. The van der Waals surface area contributed by atoms with E-state index < -0.39 is 156 Å². The van der Waals surface area contributed by atoms with Crippen molar-refractivity contribution < 1.29 is 77.0 Å². The van der Waals surface area contributed by atoms with Crippen LogP contribution in [0.5, 0.6) is 0 Å². The number of aromatic amines is 1. The third kappa shape index (κ3) is 17.1. The van der Waals surface area contributed by atoms with Crippen molar-refractivity contribution in [3.05, 3.63) is 48.1 Å². The standard InChI is InChI=1S/C56H75N15O16S/c1-6-29(3)47-52(83)58-26-40(73)63-37-28-88-54-33(24-35(49(80)57-27-41(74)67-47)64-53(84)48(30(4)7-2)68-51(82)38-9-8-20-69(38)55(85)36(65-50(37)81)25-46(79)87-5)32-23-31(10-11-34(32)66-54)62-39(72)16-17-59-56(86,60-18-21-70-42(75)12-13-43(70)76)61-19-22-71-44(77)14-15-45(71)78/h10-15,23,29-30,35-38,47-48,59-61,66,86H,6-9,16-22,24-28H2,1-5H3,(H,57,80)(H,58,83)(H,62,72)(H,63,73)(H,64,84)(H,65,81)(H,67,74)(H,68,82)/t29-,30-,35-,36-,37-,38-,47-,48-/m0/s1. The fourth-order valence-electron chi connectivity index (χ4n) is 10.3. The van der Waals surface area contributed by atoms with Gasteiger partial charge in [-0.1, -0.05) is 40.5 Å². The summed E-state index contributed by atoms with van der Waals surface area (Å²) in [5.74, 6) is -13.9. The van der Waals surface area contributed by atoms with Gasteiger partial charge in [-0.15, -0.1) is 11.8 Å². The first kappa shape index (κ1) is 66.9. The Bertz CT molecular complexity index is 3070. The molecule has 32 heteroatoms. The Morgan fingerprint density at radius 3 is 1.89 bits per heavy atom. The van der Waals surface area contributed by atoms with E-state index in [9.17, 15) is 72.2 Å². The van der Waals surface area contributed by atoms with Crippen molar-refractivity contribution in [3.63, 3.8) is 0 Å². The highest BCUT2D eigenvalue weighted by Crippen LogP contribution is 2.34. The molecule has 13 amide bonds. The van der Waals surface area contributed by atoms with Gasteiger partial charge in [0, 0.05) is 98.8 Å². The molecule has 5 aliphatic heterocycles. The van der Waals surface area contributed by atoms with E-state index in [2.05, 4.69) is 63.5 Å². The smallest absolute Gasteiger partial charge is 0.308 e. The van der Waals surface area contributed by atoms with Crippen LogP contribution in [0.15, 0.2) is 47.5 Å². The van der Waals surface area contributed by atoms with Gasteiger partial charge < -0.3 is 62.3 Å². The number of fused-ring (bicyclic) bond motifs is 5. The number of rotatable bonds is 19. The molecular weight excluding hydrogens is 1170 g/mol. The van der Waals surface area contributed by atoms with Crippen molar-refractivity contribution in [2.75, 3.05) is 70.5 Å². The normalized spacial score (nSPS) is 23.6. The van der Waals surface area contributed by atoms with Gasteiger partial charge >= 0.3 is 5.97 Å². The lowest BCUT2D eigenvalue weighted by molar-refractivity contribution is -0.148. The molecule has 5 aliphatic rings. The van der Waals surface area contributed by atoms with Crippen molar-refractivity contribution in [2.24, 2.45) is 11.8 Å². The van der Waals surface area contributed by atoms with E-state index in [0.717, 1.165) is 53.0 Å². The van der Waals surface area contributed by atoms with Gasteiger partial charge in [-0.3, -0.25) is 92.9 Å². The van der Waals surface area contributed by atoms with Crippen LogP contribution in [0.25, 0.3) is 10.9 Å². The number of methoxy groups -OCH3 is 1. The summed E-state index contributed by atoms with van der Waals surface area (Å²) >= 11 is 0.969. The monoisotopic (exact) mass is 1250 g/mol.